The molecule has 1 unspecified atom stereocenters. The van der Waals surface area contributed by atoms with Crippen molar-refractivity contribution in [1.29, 1.82) is 5.41 Å². The molecule has 2 aromatic carbocycles. The molecule has 150 valence electrons. The Balaban J connectivity index is 1.64. The summed E-state index contributed by atoms with van der Waals surface area (Å²) >= 11 is 0. The molecule has 0 aliphatic carbocycles. The number of rotatable bonds is 5. The van der Waals surface area contributed by atoms with Crippen LogP contribution >= 0.6 is 0 Å². The van der Waals surface area contributed by atoms with Crippen LogP contribution in [-0.2, 0) is 6.61 Å². The SMILES string of the molecule is CC1CCCN1C(=O)c1ccc(C#CCNc2ccc(C(=N)N)cc2)cc1CO. The molecule has 1 aliphatic heterocycles. The van der Waals surface area contributed by atoms with E-state index in [1.807, 2.05) is 23.1 Å². The first-order valence-corrected chi connectivity index (χ1v) is 9.71. The second-order valence-electron chi connectivity index (χ2n) is 7.17. The van der Waals surface area contributed by atoms with E-state index >= 15 is 0 Å². The molecular weight excluding hydrogens is 364 g/mol. The normalized spacial score (nSPS) is 15.5. The average Bonchev–Trinajstić information content (AvgIpc) is 3.16. The van der Waals surface area contributed by atoms with Gasteiger partial charge < -0.3 is 21.1 Å². The Kier molecular flexibility index (Phi) is 6.53. The number of anilines is 1. The first-order valence-electron chi connectivity index (χ1n) is 9.71. The van der Waals surface area contributed by atoms with Crippen LogP contribution in [0.2, 0.25) is 0 Å². The Morgan fingerprint density at radius 2 is 2.07 bits per heavy atom. The lowest BCUT2D eigenvalue weighted by atomic mass is 10.0. The number of nitrogens with zero attached hydrogens (tertiary/aromatic N) is 1. The van der Waals surface area contributed by atoms with E-state index in [0.717, 1.165) is 30.6 Å². The minimum Gasteiger partial charge on any atom is -0.392 e. The van der Waals surface area contributed by atoms with Crippen LogP contribution in [0.4, 0.5) is 5.69 Å². The van der Waals surface area contributed by atoms with Crippen molar-refractivity contribution in [3.05, 3.63) is 64.7 Å². The van der Waals surface area contributed by atoms with Gasteiger partial charge in [0.05, 0.1) is 13.2 Å². The molecule has 1 atom stereocenters. The number of carbonyl (C=O) groups excluding carboxylic acids is 1. The number of hydrogen-bond acceptors (Lipinski definition) is 4. The number of benzene rings is 2. The van der Waals surface area contributed by atoms with Crippen LogP contribution in [0.3, 0.4) is 0 Å². The summed E-state index contributed by atoms with van der Waals surface area (Å²) in [6, 6.07) is 12.9. The van der Waals surface area contributed by atoms with Gasteiger partial charge in [0.1, 0.15) is 5.84 Å². The van der Waals surface area contributed by atoms with Crippen molar-refractivity contribution in [2.75, 3.05) is 18.4 Å². The minimum absolute atomic E-state index is 0.0192. The highest BCUT2D eigenvalue weighted by atomic mass is 16.3. The monoisotopic (exact) mass is 390 g/mol. The summed E-state index contributed by atoms with van der Waals surface area (Å²) < 4.78 is 0. The number of nitrogen functional groups attached to an aromatic ring is 1. The molecule has 1 heterocycles. The lowest BCUT2D eigenvalue weighted by Gasteiger charge is -2.22. The number of likely N-dealkylation sites (tertiary alicyclic amines) is 1. The van der Waals surface area contributed by atoms with Gasteiger partial charge in [-0.05, 0) is 67.8 Å². The van der Waals surface area contributed by atoms with Gasteiger partial charge in [0.15, 0.2) is 0 Å². The van der Waals surface area contributed by atoms with E-state index in [4.69, 9.17) is 11.1 Å². The summed E-state index contributed by atoms with van der Waals surface area (Å²) in [5.74, 6) is 6.13. The van der Waals surface area contributed by atoms with Gasteiger partial charge in [-0.2, -0.15) is 0 Å². The fourth-order valence-electron chi connectivity index (χ4n) is 3.46. The van der Waals surface area contributed by atoms with Crippen molar-refractivity contribution in [3.8, 4) is 11.8 Å². The Hall–Kier alpha value is -3.30. The smallest absolute Gasteiger partial charge is 0.254 e. The Labute approximate surface area is 171 Å². The van der Waals surface area contributed by atoms with Gasteiger partial charge in [-0.1, -0.05) is 11.8 Å². The summed E-state index contributed by atoms with van der Waals surface area (Å²) in [4.78, 5) is 14.7. The first kappa shape index (κ1) is 20.4. The lowest BCUT2D eigenvalue weighted by Crippen LogP contribution is -2.34. The molecule has 1 amide bonds. The topological polar surface area (TPSA) is 102 Å². The maximum Gasteiger partial charge on any atom is 0.254 e. The zero-order chi connectivity index (χ0) is 20.8. The van der Waals surface area contributed by atoms with Gasteiger partial charge >= 0.3 is 0 Å². The van der Waals surface area contributed by atoms with Gasteiger partial charge in [0.2, 0.25) is 0 Å². The highest BCUT2D eigenvalue weighted by molar-refractivity contribution is 5.96. The van der Waals surface area contributed by atoms with E-state index in [1.54, 1.807) is 24.3 Å². The molecule has 1 aliphatic rings. The maximum atomic E-state index is 12.8. The maximum absolute atomic E-state index is 12.8. The number of amides is 1. The van der Waals surface area contributed by atoms with E-state index in [1.165, 1.54) is 0 Å². The van der Waals surface area contributed by atoms with E-state index < -0.39 is 0 Å². The van der Waals surface area contributed by atoms with Gasteiger partial charge in [0.25, 0.3) is 5.91 Å². The molecule has 29 heavy (non-hydrogen) atoms. The third-order valence-corrected chi connectivity index (χ3v) is 5.13. The minimum atomic E-state index is -0.195. The van der Waals surface area contributed by atoms with E-state index in [2.05, 4.69) is 24.1 Å². The summed E-state index contributed by atoms with van der Waals surface area (Å²) in [6.07, 6.45) is 2.05. The predicted octanol–water partition coefficient (Wildman–Crippen LogP) is 2.55. The van der Waals surface area contributed by atoms with Crippen molar-refractivity contribution in [3.63, 3.8) is 0 Å². The fraction of sp³-hybridized carbons (Fsp3) is 0.304. The van der Waals surface area contributed by atoms with Crippen LogP contribution in [0.25, 0.3) is 0 Å². The quantitative estimate of drug-likeness (QED) is 0.358. The number of aliphatic hydroxyl groups is 1. The molecule has 3 rings (SSSR count). The third-order valence-electron chi connectivity index (χ3n) is 5.13. The zero-order valence-corrected chi connectivity index (χ0v) is 16.5. The summed E-state index contributed by atoms with van der Waals surface area (Å²) in [5.41, 5.74) is 8.93. The molecule has 1 saturated heterocycles. The van der Waals surface area contributed by atoms with Crippen molar-refractivity contribution in [2.24, 2.45) is 5.73 Å². The number of amidine groups is 1. The Morgan fingerprint density at radius 1 is 1.31 bits per heavy atom. The average molecular weight is 390 g/mol. The first-order chi connectivity index (χ1) is 14.0. The lowest BCUT2D eigenvalue weighted by molar-refractivity contribution is 0.0744. The van der Waals surface area contributed by atoms with E-state index in [0.29, 0.717) is 23.2 Å². The van der Waals surface area contributed by atoms with Crippen molar-refractivity contribution >= 4 is 17.4 Å². The van der Waals surface area contributed by atoms with Crippen molar-refractivity contribution in [1.82, 2.24) is 4.90 Å². The number of nitrogens with two attached hydrogens (primary N) is 1. The number of hydrogen-bond donors (Lipinski definition) is 4. The number of nitrogens with one attached hydrogen (secondary N) is 2. The van der Waals surface area contributed by atoms with Gasteiger partial charge in [-0.3, -0.25) is 10.2 Å². The van der Waals surface area contributed by atoms with Gasteiger partial charge in [0, 0.05) is 35.0 Å². The van der Waals surface area contributed by atoms with Crippen LogP contribution in [-0.4, -0.2) is 40.9 Å². The Bertz CT molecular complexity index is 957. The number of aliphatic hydroxyl groups excluding tert-OH is 1. The van der Waals surface area contributed by atoms with E-state index in [-0.39, 0.29) is 24.4 Å². The summed E-state index contributed by atoms with van der Waals surface area (Å²) in [6.45, 7) is 3.08. The molecule has 1 fully saturated rings. The third kappa shape index (κ3) is 4.95. The second kappa shape index (κ2) is 9.26. The van der Waals surface area contributed by atoms with Crippen molar-refractivity contribution in [2.45, 2.75) is 32.4 Å². The Morgan fingerprint density at radius 3 is 2.69 bits per heavy atom. The largest absolute Gasteiger partial charge is 0.392 e. The molecule has 0 spiro atoms. The van der Waals surface area contributed by atoms with Gasteiger partial charge in [-0.15, -0.1) is 0 Å². The van der Waals surface area contributed by atoms with Crippen molar-refractivity contribution < 1.29 is 9.90 Å². The van der Waals surface area contributed by atoms with E-state index in [9.17, 15) is 9.90 Å². The van der Waals surface area contributed by atoms with Crippen LogP contribution in [0, 0.1) is 17.3 Å². The van der Waals surface area contributed by atoms with Crippen LogP contribution in [0.1, 0.15) is 46.8 Å². The zero-order valence-electron chi connectivity index (χ0n) is 16.5. The molecule has 0 radical (unpaired) electrons. The number of carbonyl (C=O) groups is 1. The van der Waals surface area contributed by atoms with Crippen LogP contribution in [0.5, 0.6) is 0 Å². The highest BCUT2D eigenvalue weighted by Crippen LogP contribution is 2.22. The predicted molar refractivity (Wildman–Crippen MR) is 115 cm³/mol. The van der Waals surface area contributed by atoms with Crippen LogP contribution < -0.4 is 11.1 Å². The molecule has 2 aromatic rings. The standard InChI is InChI=1S/C23H26N4O2/c1-16-4-3-13-27(16)23(29)21-11-6-17(14-19(21)15-28)5-2-12-26-20-9-7-18(8-10-20)22(24)25/h6-11,14,16,26,28H,3-4,12-13,15H2,1H3,(H3,24,25). The molecule has 6 nitrogen and oxygen atoms in total. The molecule has 0 bridgehead atoms. The fourth-order valence-corrected chi connectivity index (χ4v) is 3.46. The van der Waals surface area contributed by atoms with Gasteiger partial charge in [-0.25, -0.2) is 0 Å². The molecule has 0 saturated carbocycles. The molecule has 0 aromatic heterocycles. The molecule has 6 heteroatoms. The molecule has 5 N–H and O–H groups in total. The van der Waals surface area contributed by atoms with Crippen LogP contribution in [0.15, 0.2) is 42.5 Å². The summed E-state index contributed by atoms with van der Waals surface area (Å²) in [5, 5.41) is 20.3. The second-order valence-corrected chi connectivity index (χ2v) is 7.17. The summed E-state index contributed by atoms with van der Waals surface area (Å²) in [7, 11) is 0. The highest BCUT2D eigenvalue weighted by Gasteiger charge is 2.27. The molecular formula is C23H26N4O2.